The van der Waals surface area contributed by atoms with Crippen molar-refractivity contribution in [3.05, 3.63) is 53.4 Å². The number of carboxylic acids is 1. The van der Waals surface area contributed by atoms with E-state index in [1.165, 1.54) is 19.2 Å². The van der Waals surface area contributed by atoms with Gasteiger partial charge in [-0.1, -0.05) is 22.9 Å². The minimum absolute atomic E-state index is 0.232. The Morgan fingerprint density at radius 2 is 1.88 bits per heavy atom. The smallest absolute Gasteiger partial charge is 0.387 e. The minimum atomic E-state index is -1.65. The number of rotatable bonds is 4. The molecule has 8 heteroatoms. The zero-order chi connectivity index (χ0) is 19.0. The van der Waals surface area contributed by atoms with Crippen LogP contribution in [0.4, 0.5) is 5.95 Å². The van der Waals surface area contributed by atoms with E-state index in [2.05, 4.69) is 9.97 Å². The first-order valence-corrected chi connectivity index (χ1v) is 7.16. The molecule has 0 aliphatic carbocycles. The lowest BCUT2D eigenvalue weighted by atomic mass is 10.1. The summed E-state index contributed by atoms with van der Waals surface area (Å²) in [4.78, 5) is 27.8. The molecule has 1 heterocycles. The Bertz CT molecular complexity index is 735. The van der Waals surface area contributed by atoms with Crippen LogP contribution in [0.25, 0.3) is 5.76 Å². The van der Waals surface area contributed by atoms with Gasteiger partial charge in [0.05, 0.1) is 12.8 Å². The van der Waals surface area contributed by atoms with E-state index in [-0.39, 0.29) is 5.56 Å². The van der Waals surface area contributed by atoms with E-state index in [4.69, 9.17) is 15.6 Å². The summed E-state index contributed by atoms with van der Waals surface area (Å²) < 4.78 is 4.89. The van der Waals surface area contributed by atoms with Gasteiger partial charge in [-0.3, -0.25) is 10.5 Å². The Balaban J connectivity index is 0.000000293. The monoisotopic (exact) mass is 345 g/mol. The van der Waals surface area contributed by atoms with Gasteiger partial charge >= 0.3 is 11.9 Å². The summed E-state index contributed by atoms with van der Waals surface area (Å²) in [5.74, 6) is -2.48. The maximum atomic E-state index is 11.4. The van der Waals surface area contributed by atoms with Gasteiger partial charge in [0.2, 0.25) is 0 Å². The number of nitrogen functional groups attached to an aromatic ring is 1. The van der Waals surface area contributed by atoms with Gasteiger partial charge in [0.25, 0.3) is 5.78 Å². The van der Waals surface area contributed by atoms with E-state index in [9.17, 15) is 14.7 Å². The number of aromatic nitrogens is 2. The molecule has 0 radical (unpaired) electrons. The average molecular weight is 345 g/mol. The van der Waals surface area contributed by atoms with Crippen LogP contribution < -0.4 is 20.6 Å². The van der Waals surface area contributed by atoms with Crippen LogP contribution >= 0.6 is 0 Å². The van der Waals surface area contributed by atoms with E-state index < -0.39 is 17.5 Å². The Labute approximate surface area is 144 Å². The molecule has 1 aromatic heterocycles. The van der Waals surface area contributed by atoms with Crippen molar-refractivity contribution in [2.24, 2.45) is 0 Å². The van der Waals surface area contributed by atoms with E-state index in [0.717, 1.165) is 11.4 Å². The predicted molar refractivity (Wildman–Crippen MR) is 88.3 cm³/mol. The predicted octanol–water partition coefficient (Wildman–Crippen LogP) is 0.145. The van der Waals surface area contributed by atoms with Crippen molar-refractivity contribution in [3.8, 4) is 5.75 Å². The molecule has 8 nitrogen and oxygen atoms in total. The summed E-state index contributed by atoms with van der Waals surface area (Å²) in [5, 5.41) is 19.7. The molecule has 0 saturated carbocycles. The zero-order valence-electron chi connectivity index (χ0n) is 14.1. The molecule has 0 bridgehead atoms. The second-order valence-electron chi connectivity index (χ2n) is 5.00. The van der Waals surface area contributed by atoms with Gasteiger partial charge < -0.3 is 14.9 Å². The molecule has 0 saturated heterocycles. The van der Waals surface area contributed by atoms with Gasteiger partial charge in [0.1, 0.15) is 11.4 Å². The largest absolute Gasteiger partial charge is 0.872 e. The molecular formula is C17H19N3O5. The number of methoxy groups -OCH3 is 1. The Morgan fingerprint density at radius 1 is 1.28 bits per heavy atom. The number of nitrogens with two attached hydrogens (primary N) is 1. The molecule has 0 spiro atoms. The van der Waals surface area contributed by atoms with Crippen molar-refractivity contribution in [1.82, 2.24) is 4.98 Å². The number of nitrogens with one attached hydrogen (secondary N) is 1. The number of benzene rings is 1. The summed E-state index contributed by atoms with van der Waals surface area (Å²) in [5.41, 5.74) is 7.61. The van der Waals surface area contributed by atoms with E-state index in [1.54, 1.807) is 12.1 Å². The molecule has 132 valence electrons. The SMILES string of the molecule is COc1ccc(/C([O-])=C/C(=O)C(=O)O)cc1.Cc1cc(C)[nH+]c(N)n1. The zero-order valence-corrected chi connectivity index (χ0v) is 14.1. The van der Waals surface area contributed by atoms with E-state index >= 15 is 0 Å². The fourth-order valence-corrected chi connectivity index (χ4v) is 1.82. The molecule has 1 aromatic carbocycles. The van der Waals surface area contributed by atoms with Crippen molar-refractivity contribution >= 4 is 23.5 Å². The molecule has 25 heavy (non-hydrogen) atoms. The normalized spacial score (nSPS) is 10.4. The number of ether oxygens (including phenoxy) is 1. The lowest BCUT2D eigenvalue weighted by Gasteiger charge is -2.11. The number of hydrogen-bond acceptors (Lipinski definition) is 6. The Kier molecular flexibility index (Phi) is 7.08. The number of aromatic amines is 1. The van der Waals surface area contributed by atoms with Gasteiger partial charge in [0, 0.05) is 6.07 Å². The lowest BCUT2D eigenvalue weighted by molar-refractivity contribution is -0.374. The number of anilines is 1. The summed E-state index contributed by atoms with van der Waals surface area (Å²) in [6, 6.07) is 7.94. The summed E-state index contributed by atoms with van der Waals surface area (Å²) in [6.45, 7) is 3.86. The number of carbonyl (C=O) groups excluding carboxylic acids is 1. The van der Waals surface area contributed by atoms with Crippen molar-refractivity contribution in [1.29, 1.82) is 0 Å². The average Bonchev–Trinajstić information content (AvgIpc) is 2.54. The highest BCUT2D eigenvalue weighted by molar-refractivity contribution is 6.38. The van der Waals surface area contributed by atoms with Crippen molar-refractivity contribution < 1.29 is 29.5 Å². The Hall–Kier alpha value is -3.42. The number of aliphatic carboxylic acids is 1. The third kappa shape index (κ3) is 6.69. The first-order valence-electron chi connectivity index (χ1n) is 7.16. The number of carbonyl (C=O) groups is 2. The highest BCUT2D eigenvalue weighted by atomic mass is 16.5. The van der Waals surface area contributed by atoms with Gasteiger partial charge in [-0.25, -0.2) is 9.78 Å². The highest BCUT2D eigenvalue weighted by Gasteiger charge is 2.06. The van der Waals surface area contributed by atoms with Gasteiger partial charge in [-0.15, -0.1) is 0 Å². The van der Waals surface area contributed by atoms with Gasteiger partial charge in [-0.2, -0.15) is 0 Å². The number of aryl methyl sites for hydroxylation is 2. The van der Waals surface area contributed by atoms with Crippen molar-refractivity contribution in [2.75, 3.05) is 12.8 Å². The molecule has 0 unspecified atom stereocenters. The number of nitrogens with zero attached hydrogens (tertiary/aromatic N) is 1. The molecule has 2 rings (SSSR count). The maximum Gasteiger partial charge on any atom is 0.387 e. The van der Waals surface area contributed by atoms with Crippen LogP contribution in [-0.2, 0) is 9.59 Å². The third-order valence-electron chi connectivity index (χ3n) is 2.89. The van der Waals surface area contributed by atoms with Crippen LogP contribution in [0.2, 0.25) is 0 Å². The standard InChI is InChI=1S/C11H10O5.C6H9N3/c1-16-8-4-2-7(3-5-8)9(12)6-10(13)11(14)15;1-4-3-5(2)9-6(7)8-4/h2-6,12H,1H3,(H,14,15);3H,1-2H3,(H2,7,8,9)/b9-6-;. The lowest BCUT2D eigenvalue weighted by Crippen LogP contribution is -2.16. The minimum Gasteiger partial charge on any atom is -0.872 e. The fraction of sp³-hybridized carbons (Fsp3) is 0.176. The maximum absolute atomic E-state index is 11.4. The first kappa shape index (κ1) is 19.6. The molecule has 0 atom stereocenters. The highest BCUT2D eigenvalue weighted by Crippen LogP contribution is 2.14. The number of H-pyrrole nitrogens is 1. The van der Waals surface area contributed by atoms with Crippen LogP contribution in [0.5, 0.6) is 5.75 Å². The number of ketones is 1. The van der Waals surface area contributed by atoms with Crippen LogP contribution in [0, 0.1) is 13.8 Å². The molecule has 0 aliphatic rings. The molecule has 4 N–H and O–H groups in total. The summed E-state index contributed by atoms with van der Waals surface area (Å²) in [6.07, 6.45) is 0.546. The van der Waals surface area contributed by atoms with Crippen LogP contribution in [0.3, 0.4) is 0 Å². The Morgan fingerprint density at radius 3 is 2.32 bits per heavy atom. The molecular weight excluding hydrogens is 326 g/mol. The van der Waals surface area contributed by atoms with Crippen LogP contribution in [-0.4, -0.2) is 29.0 Å². The van der Waals surface area contributed by atoms with E-state index in [0.29, 0.717) is 17.8 Å². The first-order chi connectivity index (χ1) is 11.7. The summed E-state index contributed by atoms with van der Waals surface area (Å²) >= 11 is 0. The second-order valence-corrected chi connectivity index (χ2v) is 5.00. The molecule has 0 fully saturated rings. The number of carboxylic acid groups (broad SMARTS) is 1. The molecule has 0 aliphatic heterocycles. The quantitative estimate of drug-likeness (QED) is 0.456. The summed E-state index contributed by atoms with van der Waals surface area (Å²) in [7, 11) is 1.48. The van der Waals surface area contributed by atoms with Crippen LogP contribution in [0.15, 0.2) is 36.4 Å². The molecule has 2 aromatic rings. The topological polar surface area (TPSA) is 140 Å². The van der Waals surface area contributed by atoms with Crippen molar-refractivity contribution in [2.45, 2.75) is 13.8 Å². The second kappa shape index (κ2) is 9.02. The fourth-order valence-electron chi connectivity index (χ4n) is 1.82. The van der Waals surface area contributed by atoms with Gasteiger partial charge in [0.15, 0.2) is 0 Å². The third-order valence-corrected chi connectivity index (χ3v) is 2.89. The van der Waals surface area contributed by atoms with Crippen molar-refractivity contribution in [3.63, 3.8) is 0 Å². The van der Waals surface area contributed by atoms with E-state index in [1.807, 2.05) is 19.9 Å². The number of hydrogen-bond donors (Lipinski definition) is 2. The van der Waals surface area contributed by atoms with Gasteiger partial charge in [-0.05, 0) is 37.6 Å². The molecule has 0 amide bonds. The van der Waals surface area contributed by atoms with Crippen LogP contribution in [0.1, 0.15) is 17.0 Å².